The minimum Gasteiger partial charge on any atom is -0.310 e. The van der Waals surface area contributed by atoms with E-state index in [9.17, 15) is 0 Å². The van der Waals surface area contributed by atoms with Crippen LogP contribution in [0.25, 0.3) is 0 Å². The van der Waals surface area contributed by atoms with Crippen LogP contribution in [0.2, 0.25) is 0 Å². The first-order valence-electron chi connectivity index (χ1n) is 8.83. The standard InChI is InChI=1S/C17H30N2/c1-2-9-17(8-1)10-5-14(6-11-17)18-15-7-12-19(13-15)16-3-4-16/h14-16,18H,1-13H2. The molecule has 2 heteroatoms. The van der Waals surface area contributed by atoms with Crippen molar-refractivity contribution in [3.05, 3.63) is 0 Å². The van der Waals surface area contributed by atoms with Gasteiger partial charge in [-0.25, -0.2) is 0 Å². The zero-order valence-electron chi connectivity index (χ0n) is 12.4. The van der Waals surface area contributed by atoms with Crippen LogP contribution in [0.5, 0.6) is 0 Å². The molecule has 3 aliphatic carbocycles. The SMILES string of the molecule is C1CCC2(C1)CCC(NC1CCN(C3CC3)C1)CC2. The van der Waals surface area contributed by atoms with E-state index in [-0.39, 0.29) is 0 Å². The van der Waals surface area contributed by atoms with Gasteiger partial charge in [0.1, 0.15) is 0 Å². The number of rotatable bonds is 3. The van der Waals surface area contributed by atoms with Crippen molar-refractivity contribution in [3.63, 3.8) is 0 Å². The second kappa shape index (κ2) is 5.04. The fourth-order valence-electron chi connectivity index (χ4n) is 5.05. The number of nitrogens with zero attached hydrogens (tertiary/aromatic N) is 1. The lowest BCUT2D eigenvalue weighted by Gasteiger charge is -2.38. The maximum absolute atomic E-state index is 4.00. The molecular weight excluding hydrogens is 232 g/mol. The van der Waals surface area contributed by atoms with Gasteiger partial charge >= 0.3 is 0 Å². The van der Waals surface area contributed by atoms with Crippen molar-refractivity contribution < 1.29 is 0 Å². The van der Waals surface area contributed by atoms with Gasteiger partial charge in [0, 0.05) is 31.2 Å². The Morgan fingerprint density at radius 1 is 0.789 bits per heavy atom. The van der Waals surface area contributed by atoms with E-state index >= 15 is 0 Å². The summed E-state index contributed by atoms with van der Waals surface area (Å²) in [7, 11) is 0. The van der Waals surface area contributed by atoms with Crippen LogP contribution in [0.3, 0.4) is 0 Å². The van der Waals surface area contributed by atoms with Crippen LogP contribution in [0.1, 0.15) is 70.6 Å². The molecule has 0 radical (unpaired) electrons. The summed E-state index contributed by atoms with van der Waals surface area (Å²) in [5.74, 6) is 0. The zero-order chi connectivity index (χ0) is 12.7. The highest BCUT2D eigenvalue weighted by molar-refractivity contribution is 4.95. The van der Waals surface area contributed by atoms with Crippen LogP contribution < -0.4 is 5.32 Å². The van der Waals surface area contributed by atoms with Gasteiger partial charge in [-0.05, 0) is 63.2 Å². The monoisotopic (exact) mass is 262 g/mol. The Morgan fingerprint density at radius 3 is 2.21 bits per heavy atom. The van der Waals surface area contributed by atoms with E-state index in [4.69, 9.17) is 0 Å². The molecule has 3 saturated carbocycles. The molecule has 4 aliphatic rings. The maximum atomic E-state index is 4.00. The van der Waals surface area contributed by atoms with Gasteiger partial charge in [0.15, 0.2) is 0 Å². The third-order valence-electron chi connectivity index (χ3n) is 6.46. The lowest BCUT2D eigenvalue weighted by atomic mass is 9.71. The molecule has 0 aromatic carbocycles. The molecule has 1 spiro atoms. The third-order valence-corrected chi connectivity index (χ3v) is 6.46. The molecule has 0 bridgehead atoms. The predicted octanol–water partition coefficient (Wildman–Crippen LogP) is 3.32. The molecular formula is C17H30N2. The fourth-order valence-corrected chi connectivity index (χ4v) is 5.05. The third kappa shape index (κ3) is 2.71. The number of hydrogen-bond acceptors (Lipinski definition) is 2. The molecule has 1 unspecified atom stereocenters. The second-order valence-electron chi connectivity index (χ2n) is 7.86. The highest BCUT2D eigenvalue weighted by Crippen LogP contribution is 2.49. The number of nitrogens with one attached hydrogen (secondary N) is 1. The van der Waals surface area contributed by atoms with E-state index in [1.54, 1.807) is 12.8 Å². The van der Waals surface area contributed by atoms with E-state index in [1.807, 2.05) is 0 Å². The normalized spacial score (nSPS) is 36.3. The predicted molar refractivity (Wildman–Crippen MR) is 79.3 cm³/mol. The van der Waals surface area contributed by atoms with Crippen molar-refractivity contribution in [2.75, 3.05) is 13.1 Å². The van der Waals surface area contributed by atoms with Gasteiger partial charge in [-0.1, -0.05) is 12.8 Å². The molecule has 4 rings (SSSR count). The minimum atomic E-state index is 0.800. The van der Waals surface area contributed by atoms with Gasteiger partial charge in [-0.15, -0.1) is 0 Å². The molecule has 1 heterocycles. The number of likely N-dealkylation sites (tertiary alicyclic amines) is 1. The van der Waals surface area contributed by atoms with Gasteiger partial charge in [-0.3, -0.25) is 4.90 Å². The van der Waals surface area contributed by atoms with Gasteiger partial charge in [0.25, 0.3) is 0 Å². The molecule has 1 N–H and O–H groups in total. The van der Waals surface area contributed by atoms with Crippen molar-refractivity contribution in [1.29, 1.82) is 0 Å². The topological polar surface area (TPSA) is 15.3 Å². The van der Waals surface area contributed by atoms with Crippen LogP contribution in [-0.4, -0.2) is 36.1 Å². The lowest BCUT2D eigenvalue weighted by Crippen LogP contribution is -2.43. The van der Waals surface area contributed by atoms with E-state index in [0.717, 1.165) is 23.5 Å². The fraction of sp³-hybridized carbons (Fsp3) is 1.00. The van der Waals surface area contributed by atoms with E-state index in [0.29, 0.717) is 0 Å². The second-order valence-corrected chi connectivity index (χ2v) is 7.86. The van der Waals surface area contributed by atoms with Gasteiger partial charge in [0.2, 0.25) is 0 Å². The first-order valence-corrected chi connectivity index (χ1v) is 8.83. The van der Waals surface area contributed by atoms with Crippen molar-refractivity contribution in [1.82, 2.24) is 10.2 Å². The molecule has 2 nitrogen and oxygen atoms in total. The molecule has 0 aromatic rings. The Morgan fingerprint density at radius 2 is 1.53 bits per heavy atom. The highest BCUT2D eigenvalue weighted by atomic mass is 15.2. The van der Waals surface area contributed by atoms with E-state index in [2.05, 4.69) is 10.2 Å². The van der Waals surface area contributed by atoms with Crippen LogP contribution >= 0.6 is 0 Å². The largest absolute Gasteiger partial charge is 0.310 e. The molecule has 0 aromatic heterocycles. The average Bonchev–Trinajstić information content (AvgIpc) is 3.01. The lowest BCUT2D eigenvalue weighted by molar-refractivity contribution is 0.162. The molecule has 19 heavy (non-hydrogen) atoms. The Kier molecular flexibility index (Phi) is 3.35. The molecule has 1 aliphatic heterocycles. The Hall–Kier alpha value is -0.0800. The quantitative estimate of drug-likeness (QED) is 0.839. The van der Waals surface area contributed by atoms with Gasteiger partial charge in [-0.2, -0.15) is 0 Å². The summed E-state index contributed by atoms with van der Waals surface area (Å²) in [4.78, 5) is 2.74. The van der Waals surface area contributed by atoms with Gasteiger partial charge in [0.05, 0.1) is 0 Å². The molecule has 0 amide bonds. The summed E-state index contributed by atoms with van der Waals surface area (Å²) >= 11 is 0. The van der Waals surface area contributed by atoms with Crippen molar-refractivity contribution in [2.45, 2.75) is 88.8 Å². The molecule has 1 saturated heterocycles. The Labute approximate surface area is 118 Å². The smallest absolute Gasteiger partial charge is 0.0209 e. The van der Waals surface area contributed by atoms with Crippen molar-refractivity contribution in [3.8, 4) is 0 Å². The minimum absolute atomic E-state index is 0.800. The van der Waals surface area contributed by atoms with Crippen LogP contribution in [-0.2, 0) is 0 Å². The summed E-state index contributed by atoms with van der Waals surface area (Å²) in [5, 5.41) is 4.00. The van der Waals surface area contributed by atoms with Crippen LogP contribution in [0.4, 0.5) is 0 Å². The summed E-state index contributed by atoms with van der Waals surface area (Å²) in [6.45, 7) is 2.70. The summed E-state index contributed by atoms with van der Waals surface area (Å²) in [6, 6.07) is 2.62. The molecule has 4 fully saturated rings. The van der Waals surface area contributed by atoms with Crippen LogP contribution in [0, 0.1) is 5.41 Å². The van der Waals surface area contributed by atoms with Crippen LogP contribution in [0.15, 0.2) is 0 Å². The first-order chi connectivity index (χ1) is 9.33. The van der Waals surface area contributed by atoms with Gasteiger partial charge < -0.3 is 5.32 Å². The van der Waals surface area contributed by atoms with Crippen molar-refractivity contribution >= 4 is 0 Å². The Balaban J connectivity index is 1.24. The maximum Gasteiger partial charge on any atom is 0.0209 e. The first kappa shape index (κ1) is 12.6. The summed E-state index contributed by atoms with van der Waals surface area (Å²) in [6.07, 6.45) is 16.4. The van der Waals surface area contributed by atoms with Crippen molar-refractivity contribution in [2.24, 2.45) is 5.41 Å². The zero-order valence-corrected chi connectivity index (χ0v) is 12.4. The molecule has 108 valence electrons. The van der Waals surface area contributed by atoms with E-state index < -0.39 is 0 Å². The number of hydrogen-bond donors (Lipinski definition) is 1. The Bertz CT molecular complexity index is 307. The molecule has 1 atom stereocenters. The highest BCUT2D eigenvalue weighted by Gasteiger charge is 2.39. The average molecular weight is 262 g/mol. The van der Waals surface area contributed by atoms with E-state index in [1.165, 1.54) is 70.9 Å². The summed E-state index contributed by atoms with van der Waals surface area (Å²) in [5.41, 5.74) is 0.800. The summed E-state index contributed by atoms with van der Waals surface area (Å²) < 4.78 is 0.